The fourth-order valence-electron chi connectivity index (χ4n) is 2.74. The molecule has 2 heteroatoms. The van der Waals surface area contributed by atoms with Crippen molar-refractivity contribution >= 4 is 11.3 Å². The van der Waals surface area contributed by atoms with Crippen molar-refractivity contribution in [1.29, 1.82) is 0 Å². The van der Waals surface area contributed by atoms with Gasteiger partial charge in [0.25, 0.3) is 0 Å². The van der Waals surface area contributed by atoms with Crippen LogP contribution in [0.15, 0.2) is 5.51 Å². The summed E-state index contributed by atoms with van der Waals surface area (Å²) in [6.45, 7) is 6.75. The van der Waals surface area contributed by atoms with E-state index in [1.165, 1.54) is 69.9 Å². The van der Waals surface area contributed by atoms with Crippen molar-refractivity contribution in [2.75, 3.05) is 0 Å². The molecule has 0 aromatic carbocycles. The van der Waals surface area contributed by atoms with E-state index in [-0.39, 0.29) is 0 Å². The van der Waals surface area contributed by atoms with Crippen LogP contribution in [-0.4, -0.2) is 4.98 Å². The minimum atomic E-state index is 0.779. The summed E-state index contributed by atoms with van der Waals surface area (Å²) in [7, 11) is 0. The van der Waals surface area contributed by atoms with E-state index in [1.807, 2.05) is 16.8 Å². The molecule has 1 aromatic heterocycles. The summed E-state index contributed by atoms with van der Waals surface area (Å²) in [5, 5.41) is 0. The van der Waals surface area contributed by atoms with Gasteiger partial charge in [-0.1, -0.05) is 65.2 Å². The van der Waals surface area contributed by atoms with Crippen molar-refractivity contribution in [1.82, 2.24) is 4.98 Å². The van der Waals surface area contributed by atoms with Gasteiger partial charge in [0.2, 0.25) is 0 Å². The van der Waals surface area contributed by atoms with E-state index in [1.54, 1.807) is 4.88 Å². The highest BCUT2D eigenvalue weighted by Gasteiger charge is 2.15. The lowest BCUT2D eigenvalue weighted by atomic mass is 9.92. The maximum atomic E-state index is 4.44. The second kappa shape index (κ2) is 10.4. The number of aromatic nitrogens is 1. The highest BCUT2D eigenvalue weighted by atomic mass is 32.1. The van der Waals surface area contributed by atoms with E-state index in [9.17, 15) is 0 Å². The Morgan fingerprint density at radius 1 is 0.947 bits per heavy atom. The number of hydrogen-bond donors (Lipinski definition) is 0. The molecule has 0 saturated carbocycles. The molecule has 0 saturated heterocycles. The van der Waals surface area contributed by atoms with Crippen molar-refractivity contribution in [2.45, 2.75) is 90.9 Å². The minimum absolute atomic E-state index is 0.779. The highest BCUT2D eigenvalue weighted by molar-refractivity contribution is 7.09. The largest absolute Gasteiger partial charge is 0.250 e. The molecular weight excluding hydrogens is 250 g/mol. The Kier molecular flexibility index (Phi) is 9.15. The van der Waals surface area contributed by atoms with Crippen molar-refractivity contribution in [3.8, 4) is 0 Å². The molecule has 110 valence electrons. The van der Waals surface area contributed by atoms with Crippen LogP contribution in [0.4, 0.5) is 0 Å². The number of nitrogens with zero attached hydrogens (tertiary/aromatic N) is 1. The maximum Gasteiger partial charge on any atom is 0.0797 e. The standard InChI is InChI=1S/C17H31NS/c1-4-6-8-10-12-16(13-11-9-7-5-2)17-15(3)18-14-19-17/h14,16H,4-13H2,1-3H3. The normalized spacial score (nSPS) is 11.4. The Balaban J connectivity index is 2.41. The molecule has 19 heavy (non-hydrogen) atoms. The Labute approximate surface area is 123 Å². The van der Waals surface area contributed by atoms with Crippen LogP contribution in [0.1, 0.15) is 94.5 Å². The monoisotopic (exact) mass is 281 g/mol. The van der Waals surface area contributed by atoms with Crippen LogP contribution >= 0.6 is 11.3 Å². The number of aryl methyl sites for hydroxylation is 1. The smallest absolute Gasteiger partial charge is 0.0797 e. The summed E-state index contributed by atoms with van der Waals surface area (Å²) < 4.78 is 0. The molecule has 0 N–H and O–H groups in total. The predicted octanol–water partition coefficient (Wildman–Crippen LogP) is 6.48. The van der Waals surface area contributed by atoms with Gasteiger partial charge in [0.15, 0.2) is 0 Å². The molecule has 1 rings (SSSR count). The molecule has 0 unspecified atom stereocenters. The summed E-state index contributed by atoms with van der Waals surface area (Å²) in [6.07, 6.45) is 13.8. The third kappa shape index (κ3) is 6.56. The molecule has 0 fully saturated rings. The van der Waals surface area contributed by atoms with E-state index in [2.05, 4.69) is 25.8 Å². The SMILES string of the molecule is CCCCCCC(CCCCCC)c1scnc1C. The van der Waals surface area contributed by atoms with Gasteiger partial charge in [-0.05, 0) is 25.7 Å². The quantitative estimate of drug-likeness (QED) is 0.423. The lowest BCUT2D eigenvalue weighted by molar-refractivity contribution is 0.499. The van der Waals surface area contributed by atoms with Gasteiger partial charge in [-0.2, -0.15) is 0 Å². The van der Waals surface area contributed by atoms with Gasteiger partial charge in [0.05, 0.1) is 11.2 Å². The molecule has 0 aliphatic carbocycles. The average molecular weight is 282 g/mol. The van der Waals surface area contributed by atoms with Crippen LogP contribution in [0.3, 0.4) is 0 Å². The summed E-state index contributed by atoms with van der Waals surface area (Å²) in [6, 6.07) is 0. The molecule has 0 atom stereocenters. The third-order valence-electron chi connectivity index (χ3n) is 3.97. The van der Waals surface area contributed by atoms with Crippen molar-refractivity contribution < 1.29 is 0 Å². The molecule has 0 radical (unpaired) electrons. The zero-order chi connectivity index (χ0) is 13.9. The number of hydrogen-bond acceptors (Lipinski definition) is 2. The van der Waals surface area contributed by atoms with E-state index in [4.69, 9.17) is 0 Å². The maximum absolute atomic E-state index is 4.44. The van der Waals surface area contributed by atoms with Crippen molar-refractivity contribution in [2.24, 2.45) is 0 Å². The molecule has 0 aliphatic rings. The Hall–Kier alpha value is -0.370. The van der Waals surface area contributed by atoms with E-state index in [0.717, 1.165) is 5.92 Å². The molecule has 1 nitrogen and oxygen atoms in total. The molecule has 0 amide bonds. The molecule has 0 bridgehead atoms. The first-order valence-corrected chi connectivity index (χ1v) is 9.07. The number of rotatable bonds is 11. The van der Waals surface area contributed by atoms with E-state index >= 15 is 0 Å². The zero-order valence-electron chi connectivity index (χ0n) is 13.1. The van der Waals surface area contributed by atoms with Gasteiger partial charge >= 0.3 is 0 Å². The molecule has 0 spiro atoms. The Morgan fingerprint density at radius 3 is 1.95 bits per heavy atom. The highest BCUT2D eigenvalue weighted by Crippen LogP contribution is 2.33. The summed E-state index contributed by atoms with van der Waals surface area (Å²) >= 11 is 1.87. The van der Waals surface area contributed by atoms with Gasteiger partial charge in [-0.3, -0.25) is 0 Å². The lowest BCUT2D eigenvalue weighted by Gasteiger charge is -2.16. The van der Waals surface area contributed by atoms with Gasteiger partial charge in [0, 0.05) is 4.88 Å². The van der Waals surface area contributed by atoms with Gasteiger partial charge < -0.3 is 0 Å². The number of thiazole rings is 1. The van der Waals surface area contributed by atoms with Crippen LogP contribution in [-0.2, 0) is 0 Å². The Morgan fingerprint density at radius 2 is 1.53 bits per heavy atom. The first-order chi connectivity index (χ1) is 9.29. The van der Waals surface area contributed by atoms with Crippen LogP contribution in [0.2, 0.25) is 0 Å². The van der Waals surface area contributed by atoms with Crippen LogP contribution in [0.5, 0.6) is 0 Å². The first-order valence-electron chi connectivity index (χ1n) is 8.19. The second-order valence-corrected chi connectivity index (χ2v) is 6.58. The zero-order valence-corrected chi connectivity index (χ0v) is 13.9. The third-order valence-corrected chi connectivity index (χ3v) is 5.06. The van der Waals surface area contributed by atoms with Crippen LogP contribution in [0.25, 0.3) is 0 Å². The summed E-state index contributed by atoms with van der Waals surface area (Å²) in [5.41, 5.74) is 3.30. The van der Waals surface area contributed by atoms with E-state index in [0.29, 0.717) is 0 Å². The molecular formula is C17H31NS. The van der Waals surface area contributed by atoms with Crippen LogP contribution < -0.4 is 0 Å². The van der Waals surface area contributed by atoms with Crippen LogP contribution in [0, 0.1) is 6.92 Å². The minimum Gasteiger partial charge on any atom is -0.250 e. The van der Waals surface area contributed by atoms with Gasteiger partial charge in [-0.15, -0.1) is 11.3 Å². The fraction of sp³-hybridized carbons (Fsp3) is 0.824. The first kappa shape index (κ1) is 16.7. The molecule has 1 heterocycles. The number of unbranched alkanes of at least 4 members (excludes halogenated alkanes) is 6. The average Bonchev–Trinajstić information content (AvgIpc) is 2.83. The fourth-order valence-corrected chi connectivity index (χ4v) is 3.72. The molecule has 1 aromatic rings. The summed E-state index contributed by atoms with van der Waals surface area (Å²) in [5.74, 6) is 0.779. The van der Waals surface area contributed by atoms with Gasteiger partial charge in [-0.25, -0.2) is 4.98 Å². The van der Waals surface area contributed by atoms with Crippen molar-refractivity contribution in [3.63, 3.8) is 0 Å². The van der Waals surface area contributed by atoms with E-state index < -0.39 is 0 Å². The summed E-state index contributed by atoms with van der Waals surface area (Å²) in [4.78, 5) is 6.01. The van der Waals surface area contributed by atoms with Crippen molar-refractivity contribution in [3.05, 3.63) is 16.1 Å². The Bertz CT molecular complexity index is 307. The topological polar surface area (TPSA) is 12.9 Å². The van der Waals surface area contributed by atoms with Gasteiger partial charge in [0.1, 0.15) is 0 Å². The second-order valence-electron chi connectivity index (χ2n) is 5.70. The molecule has 0 aliphatic heterocycles. The predicted molar refractivity (Wildman–Crippen MR) is 87.1 cm³/mol. The lowest BCUT2D eigenvalue weighted by Crippen LogP contribution is -1.99.